The highest BCUT2D eigenvalue weighted by Gasteiger charge is 2.21. The van der Waals surface area contributed by atoms with Crippen molar-refractivity contribution in [2.24, 2.45) is 0 Å². The highest BCUT2D eigenvalue weighted by atomic mass is 16.5. The van der Waals surface area contributed by atoms with Crippen LogP contribution in [0.2, 0.25) is 0 Å². The topological polar surface area (TPSA) is 43.4 Å². The van der Waals surface area contributed by atoms with Gasteiger partial charge in [0.1, 0.15) is 12.0 Å². The summed E-state index contributed by atoms with van der Waals surface area (Å²) in [6.45, 7) is 0. The lowest BCUT2D eigenvalue weighted by Crippen LogP contribution is -2.13. The first-order valence-electron chi connectivity index (χ1n) is 6.43. The number of Topliss-reactive ketones (excluding diaryl/α,β-unsaturated/α-hetero) is 1. The van der Waals surface area contributed by atoms with Gasteiger partial charge in [0.05, 0.1) is 13.0 Å². The smallest absolute Gasteiger partial charge is 0.170 e. The maximum Gasteiger partial charge on any atom is 0.170 e. The molecule has 3 heteroatoms. The molecule has 0 fully saturated rings. The van der Waals surface area contributed by atoms with Gasteiger partial charge in [0.2, 0.25) is 0 Å². The van der Waals surface area contributed by atoms with E-state index < -0.39 is 5.92 Å². The highest BCUT2D eigenvalue weighted by molar-refractivity contribution is 6.02. The van der Waals surface area contributed by atoms with E-state index in [1.807, 2.05) is 30.3 Å². The number of hydrogen-bond acceptors (Lipinski definition) is 3. The molecule has 102 valence electrons. The van der Waals surface area contributed by atoms with E-state index in [2.05, 4.69) is 0 Å². The van der Waals surface area contributed by atoms with E-state index in [0.29, 0.717) is 5.56 Å². The predicted molar refractivity (Wildman–Crippen MR) is 77.2 cm³/mol. The van der Waals surface area contributed by atoms with E-state index in [1.54, 1.807) is 31.4 Å². The molecule has 0 heterocycles. The minimum atomic E-state index is -0.444. The molecule has 20 heavy (non-hydrogen) atoms. The molecule has 0 aliphatic carbocycles. The van der Waals surface area contributed by atoms with Gasteiger partial charge in [-0.2, -0.15) is 0 Å². The zero-order chi connectivity index (χ0) is 14.4. The summed E-state index contributed by atoms with van der Waals surface area (Å²) in [5, 5.41) is 0. The van der Waals surface area contributed by atoms with Gasteiger partial charge in [-0.25, -0.2) is 0 Å². The van der Waals surface area contributed by atoms with Gasteiger partial charge < -0.3 is 9.53 Å². The molecular weight excluding hydrogens is 252 g/mol. The van der Waals surface area contributed by atoms with Crippen LogP contribution in [-0.2, 0) is 4.79 Å². The minimum absolute atomic E-state index is 0.0390. The van der Waals surface area contributed by atoms with Crippen LogP contribution in [0.5, 0.6) is 5.75 Å². The number of hydrogen-bond donors (Lipinski definition) is 0. The van der Waals surface area contributed by atoms with Gasteiger partial charge in [0.25, 0.3) is 0 Å². The fraction of sp³-hybridized carbons (Fsp3) is 0.176. The monoisotopic (exact) mass is 268 g/mol. The number of benzene rings is 2. The molecule has 0 aliphatic heterocycles. The molecule has 0 aromatic heterocycles. The van der Waals surface area contributed by atoms with E-state index in [0.717, 1.165) is 17.6 Å². The van der Waals surface area contributed by atoms with Crippen molar-refractivity contribution in [3.63, 3.8) is 0 Å². The van der Waals surface area contributed by atoms with Crippen LogP contribution in [0, 0.1) is 0 Å². The van der Waals surface area contributed by atoms with Crippen molar-refractivity contribution in [3.8, 4) is 5.75 Å². The Kier molecular flexibility index (Phi) is 4.66. The molecule has 0 radical (unpaired) electrons. The SMILES string of the molecule is COc1ccc([C@H](CC=O)C(=O)c2ccccc2)cc1. The Morgan fingerprint density at radius 3 is 2.30 bits per heavy atom. The minimum Gasteiger partial charge on any atom is -0.497 e. The Hall–Kier alpha value is -2.42. The van der Waals surface area contributed by atoms with Gasteiger partial charge in [0.15, 0.2) is 5.78 Å². The van der Waals surface area contributed by atoms with Gasteiger partial charge in [0, 0.05) is 12.0 Å². The molecule has 2 rings (SSSR count). The summed E-state index contributed by atoms with van der Waals surface area (Å²) in [5.74, 6) is 0.245. The lowest BCUT2D eigenvalue weighted by atomic mass is 9.88. The molecule has 0 bridgehead atoms. The fourth-order valence-electron chi connectivity index (χ4n) is 2.13. The van der Waals surface area contributed by atoms with E-state index >= 15 is 0 Å². The Labute approximate surface area is 118 Å². The molecule has 2 aromatic rings. The Bertz CT molecular complexity index is 573. The summed E-state index contributed by atoms with van der Waals surface area (Å²) < 4.78 is 5.10. The second-order valence-corrected chi connectivity index (χ2v) is 4.46. The summed E-state index contributed by atoms with van der Waals surface area (Å²) >= 11 is 0. The Morgan fingerprint density at radius 2 is 1.75 bits per heavy atom. The maximum absolute atomic E-state index is 12.5. The van der Waals surface area contributed by atoms with Crippen molar-refractivity contribution in [2.75, 3.05) is 7.11 Å². The van der Waals surface area contributed by atoms with Crippen LogP contribution in [0.25, 0.3) is 0 Å². The van der Waals surface area contributed by atoms with Gasteiger partial charge in [-0.3, -0.25) is 4.79 Å². The fourth-order valence-corrected chi connectivity index (χ4v) is 2.13. The highest BCUT2D eigenvalue weighted by Crippen LogP contribution is 2.25. The lowest BCUT2D eigenvalue weighted by Gasteiger charge is -2.14. The van der Waals surface area contributed by atoms with Crippen molar-refractivity contribution in [1.29, 1.82) is 0 Å². The van der Waals surface area contributed by atoms with Gasteiger partial charge >= 0.3 is 0 Å². The van der Waals surface area contributed by atoms with Crippen molar-refractivity contribution in [2.45, 2.75) is 12.3 Å². The maximum atomic E-state index is 12.5. The van der Waals surface area contributed by atoms with E-state index in [4.69, 9.17) is 4.74 Å². The number of carbonyl (C=O) groups is 2. The summed E-state index contributed by atoms with van der Waals surface area (Å²) in [4.78, 5) is 23.4. The van der Waals surface area contributed by atoms with E-state index in [9.17, 15) is 9.59 Å². The Morgan fingerprint density at radius 1 is 1.10 bits per heavy atom. The molecular formula is C17H16O3. The van der Waals surface area contributed by atoms with Crippen LogP contribution in [0.4, 0.5) is 0 Å². The van der Waals surface area contributed by atoms with Crippen molar-refractivity contribution >= 4 is 12.1 Å². The van der Waals surface area contributed by atoms with Crippen LogP contribution in [0.1, 0.15) is 28.3 Å². The zero-order valence-corrected chi connectivity index (χ0v) is 11.3. The van der Waals surface area contributed by atoms with Crippen molar-refractivity contribution in [1.82, 2.24) is 0 Å². The second-order valence-electron chi connectivity index (χ2n) is 4.46. The molecule has 1 atom stereocenters. The first-order valence-corrected chi connectivity index (χ1v) is 6.43. The molecule has 0 N–H and O–H groups in total. The number of ketones is 1. The van der Waals surface area contributed by atoms with Gasteiger partial charge in [-0.1, -0.05) is 42.5 Å². The lowest BCUT2D eigenvalue weighted by molar-refractivity contribution is -0.108. The average Bonchev–Trinajstić information content (AvgIpc) is 2.53. The third-order valence-electron chi connectivity index (χ3n) is 3.22. The van der Waals surface area contributed by atoms with Gasteiger partial charge in [-0.05, 0) is 17.7 Å². The molecule has 0 saturated carbocycles. The zero-order valence-electron chi connectivity index (χ0n) is 11.3. The van der Waals surface area contributed by atoms with Crippen molar-refractivity contribution < 1.29 is 14.3 Å². The van der Waals surface area contributed by atoms with Crippen LogP contribution in [0.15, 0.2) is 54.6 Å². The number of ether oxygens (including phenoxy) is 1. The largest absolute Gasteiger partial charge is 0.497 e. The Balaban J connectivity index is 2.30. The molecule has 0 unspecified atom stereocenters. The normalized spacial score (nSPS) is 11.7. The summed E-state index contributed by atoms with van der Waals surface area (Å²) in [6.07, 6.45) is 0.968. The quantitative estimate of drug-likeness (QED) is 0.596. The molecule has 0 aliphatic rings. The summed E-state index contributed by atoms with van der Waals surface area (Å²) in [5.41, 5.74) is 1.45. The van der Waals surface area contributed by atoms with E-state index in [1.165, 1.54) is 0 Å². The third kappa shape index (κ3) is 3.12. The second kappa shape index (κ2) is 6.66. The van der Waals surface area contributed by atoms with Crippen LogP contribution >= 0.6 is 0 Å². The van der Waals surface area contributed by atoms with Crippen LogP contribution in [-0.4, -0.2) is 19.2 Å². The van der Waals surface area contributed by atoms with Crippen molar-refractivity contribution in [3.05, 3.63) is 65.7 Å². The molecule has 0 amide bonds. The third-order valence-corrected chi connectivity index (χ3v) is 3.22. The first-order chi connectivity index (χ1) is 9.76. The standard InChI is InChI=1S/C17H16O3/c1-20-15-9-7-13(8-10-15)16(11-12-18)17(19)14-5-3-2-4-6-14/h2-10,12,16H,11H2,1H3/t16-/m0/s1. The first kappa shape index (κ1) is 14.0. The average molecular weight is 268 g/mol. The predicted octanol–water partition coefficient (Wildman–Crippen LogP) is 3.25. The number of rotatable bonds is 6. The summed E-state index contributed by atoms with van der Waals surface area (Å²) in [7, 11) is 1.59. The molecule has 0 spiro atoms. The van der Waals surface area contributed by atoms with Crippen LogP contribution < -0.4 is 4.74 Å². The molecule has 3 nitrogen and oxygen atoms in total. The molecule has 2 aromatic carbocycles. The van der Waals surface area contributed by atoms with Crippen LogP contribution in [0.3, 0.4) is 0 Å². The molecule has 0 saturated heterocycles. The summed E-state index contributed by atoms with van der Waals surface area (Å²) in [6, 6.07) is 16.3. The van der Waals surface area contributed by atoms with Gasteiger partial charge in [-0.15, -0.1) is 0 Å². The number of aldehydes is 1. The number of methoxy groups -OCH3 is 1. The number of carbonyl (C=O) groups excluding carboxylic acids is 2. The van der Waals surface area contributed by atoms with E-state index in [-0.39, 0.29) is 12.2 Å².